The van der Waals surface area contributed by atoms with Gasteiger partial charge in [-0.1, -0.05) is 19.8 Å². The number of anilines is 1. The number of aromatic nitrogens is 1. The summed E-state index contributed by atoms with van der Waals surface area (Å²) in [6.45, 7) is 4.23. The average molecular weight is 229 g/mol. The summed E-state index contributed by atoms with van der Waals surface area (Å²) >= 11 is 0. The molecular formula is C14H19N3. The third-order valence-corrected chi connectivity index (χ3v) is 3.59. The Balaban J connectivity index is 2.17. The Hall–Kier alpha value is -1.56. The van der Waals surface area contributed by atoms with Crippen molar-refractivity contribution in [1.29, 1.82) is 5.26 Å². The Kier molecular flexibility index (Phi) is 3.63. The minimum Gasteiger partial charge on any atom is -0.366 e. The number of pyridine rings is 1. The monoisotopic (exact) mass is 229 g/mol. The molecule has 2 atom stereocenters. The largest absolute Gasteiger partial charge is 0.366 e. The van der Waals surface area contributed by atoms with Crippen LogP contribution in [0, 0.1) is 24.2 Å². The van der Waals surface area contributed by atoms with Crippen LogP contribution in [0.15, 0.2) is 12.1 Å². The molecule has 0 spiro atoms. The maximum Gasteiger partial charge on any atom is 0.144 e. The summed E-state index contributed by atoms with van der Waals surface area (Å²) in [4.78, 5) is 4.44. The lowest BCUT2D eigenvalue weighted by Crippen LogP contribution is -2.31. The Morgan fingerprint density at radius 3 is 2.82 bits per heavy atom. The van der Waals surface area contributed by atoms with E-state index < -0.39 is 0 Å². The molecule has 1 saturated carbocycles. The zero-order valence-corrected chi connectivity index (χ0v) is 10.5. The van der Waals surface area contributed by atoms with E-state index >= 15 is 0 Å². The van der Waals surface area contributed by atoms with Gasteiger partial charge in [-0.15, -0.1) is 0 Å². The van der Waals surface area contributed by atoms with Crippen LogP contribution in [0.2, 0.25) is 0 Å². The molecule has 1 aliphatic rings. The molecular weight excluding hydrogens is 210 g/mol. The molecule has 1 heterocycles. The summed E-state index contributed by atoms with van der Waals surface area (Å²) in [5.74, 6) is 1.42. The van der Waals surface area contributed by atoms with Crippen LogP contribution >= 0.6 is 0 Å². The first-order chi connectivity index (χ1) is 8.20. The van der Waals surface area contributed by atoms with E-state index in [9.17, 15) is 0 Å². The second-order valence-electron chi connectivity index (χ2n) is 4.97. The second kappa shape index (κ2) is 5.18. The summed E-state index contributed by atoms with van der Waals surface area (Å²) in [5, 5.41) is 12.5. The van der Waals surface area contributed by atoms with Crippen LogP contribution < -0.4 is 5.32 Å². The van der Waals surface area contributed by atoms with Gasteiger partial charge in [0.25, 0.3) is 0 Å². The third kappa shape index (κ3) is 2.76. The fourth-order valence-electron chi connectivity index (χ4n) is 2.46. The van der Waals surface area contributed by atoms with Gasteiger partial charge in [-0.2, -0.15) is 5.26 Å². The van der Waals surface area contributed by atoms with Gasteiger partial charge in [-0.3, -0.25) is 0 Å². The van der Waals surface area contributed by atoms with Gasteiger partial charge in [0, 0.05) is 11.7 Å². The number of nitrogens with zero attached hydrogens (tertiary/aromatic N) is 2. The molecule has 3 nitrogen and oxygen atoms in total. The normalized spacial score (nSPS) is 24.1. The standard InChI is InChI=1S/C14H19N3/c1-10-5-3-4-6-13(10)17-14-12(9-15)8-7-11(2)16-14/h7-8,10,13H,3-6H2,1-2H3,(H,16,17). The maximum atomic E-state index is 9.07. The molecule has 1 aromatic heterocycles. The smallest absolute Gasteiger partial charge is 0.144 e. The number of nitriles is 1. The molecule has 17 heavy (non-hydrogen) atoms. The fourth-order valence-corrected chi connectivity index (χ4v) is 2.46. The van der Waals surface area contributed by atoms with Crippen LogP contribution in [0.5, 0.6) is 0 Å². The first-order valence-corrected chi connectivity index (χ1v) is 6.35. The molecule has 3 heteroatoms. The molecule has 2 rings (SSSR count). The van der Waals surface area contributed by atoms with Crippen molar-refractivity contribution in [1.82, 2.24) is 4.98 Å². The van der Waals surface area contributed by atoms with Crippen molar-refractivity contribution in [3.63, 3.8) is 0 Å². The van der Waals surface area contributed by atoms with Crippen LogP contribution in [0.3, 0.4) is 0 Å². The number of hydrogen-bond acceptors (Lipinski definition) is 3. The van der Waals surface area contributed by atoms with Gasteiger partial charge in [-0.25, -0.2) is 4.98 Å². The molecule has 2 unspecified atom stereocenters. The topological polar surface area (TPSA) is 48.7 Å². The van der Waals surface area contributed by atoms with E-state index in [1.807, 2.05) is 19.1 Å². The lowest BCUT2D eigenvalue weighted by atomic mass is 9.86. The molecule has 0 saturated heterocycles. The van der Waals surface area contributed by atoms with Crippen LogP contribution in [0.4, 0.5) is 5.82 Å². The Labute approximate surface area is 103 Å². The van der Waals surface area contributed by atoms with E-state index in [4.69, 9.17) is 5.26 Å². The van der Waals surface area contributed by atoms with Crippen molar-refractivity contribution < 1.29 is 0 Å². The van der Waals surface area contributed by atoms with Crippen molar-refractivity contribution >= 4 is 5.82 Å². The molecule has 0 aliphatic heterocycles. The summed E-state index contributed by atoms with van der Waals surface area (Å²) in [7, 11) is 0. The summed E-state index contributed by atoms with van der Waals surface area (Å²) in [6.07, 6.45) is 5.05. The highest BCUT2D eigenvalue weighted by molar-refractivity contribution is 5.52. The molecule has 1 N–H and O–H groups in total. The van der Waals surface area contributed by atoms with Gasteiger partial charge in [0.05, 0.1) is 5.56 Å². The van der Waals surface area contributed by atoms with Crippen molar-refractivity contribution in [2.75, 3.05) is 5.32 Å². The van der Waals surface area contributed by atoms with E-state index in [2.05, 4.69) is 23.3 Å². The van der Waals surface area contributed by atoms with Crippen LogP contribution in [-0.4, -0.2) is 11.0 Å². The predicted octanol–water partition coefficient (Wildman–Crippen LogP) is 3.25. The van der Waals surface area contributed by atoms with Crippen molar-refractivity contribution in [2.24, 2.45) is 5.92 Å². The average Bonchev–Trinajstić information content (AvgIpc) is 2.32. The van der Waals surface area contributed by atoms with E-state index in [0.29, 0.717) is 17.5 Å². The van der Waals surface area contributed by atoms with Crippen molar-refractivity contribution in [3.8, 4) is 6.07 Å². The molecule has 1 aromatic rings. The summed E-state index contributed by atoms with van der Waals surface area (Å²) in [5.41, 5.74) is 1.60. The number of rotatable bonds is 2. The van der Waals surface area contributed by atoms with E-state index in [-0.39, 0.29) is 0 Å². The fraction of sp³-hybridized carbons (Fsp3) is 0.571. The van der Waals surface area contributed by atoms with Gasteiger partial charge in [-0.05, 0) is 37.8 Å². The highest BCUT2D eigenvalue weighted by Gasteiger charge is 2.22. The van der Waals surface area contributed by atoms with Gasteiger partial charge in [0.1, 0.15) is 11.9 Å². The van der Waals surface area contributed by atoms with E-state index in [0.717, 1.165) is 11.5 Å². The Morgan fingerprint density at radius 1 is 1.35 bits per heavy atom. The minimum atomic E-state index is 0.463. The number of nitrogens with one attached hydrogen (secondary N) is 1. The predicted molar refractivity (Wildman–Crippen MR) is 68.7 cm³/mol. The molecule has 1 aliphatic carbocycles. The first-order valence-electron chi connectivity index (χ1n) is 6.35. The zero-order chi connectivity index (χ0) is 12.3. The summed E-state index contributed by atoms with van der Waals surface area (Å²) < 4.78 is 0. The third-order valence-electron chi connectivity index (χ3n) is 3.59. The number of hydrogen-bond donors (Lipinski definition) is 1. The van der Waals surface area contributed by atoms with Crippen LogP contribution in [0.1, 0.15) is 43.9 Å². The van der Waals surface area contributed by atoms with Crippen LogP contribution in [0.25, 0.3) is 0 Å². The Bertz CT molecular complexity index is 434. The SMILES string of the molecule is Cc1ccc(C#N)c(NC2CCCCC2C)n1. The molecule has 0 aromatic carbocycles. The lowest BCUT2D eigenvalue weighted by Gasteiger charge is -2.30. The summed E-state index contributed by atoms with van der Waals surface area (Å²) in [6, 6.07) is 6.39. The van der Waals surface area contributed by atoms with Gasteiger partial charge >= 0.3 is 0 Å². The van der Waals surface area contributed by atoms with Crippen LogP contribution in [-0.2, 0) is 0 Å². The van der Waals surface area contributed by atoms with Crippen molar-refractivity contribution in [3.05, 3.63) is 23.4 Å². The number of aryl methyl sites for hydroxylation is 1. The molecule has 1 fully saturated rings. The molecule has 0 amide bonds. The van der Waals surface area contributed by atoms with Gasteiger partial charge in [0.15, 0.2) is 0 Å². The maximum absolute atomic E-state index is 9.07. The molecule has 0 bridgehead atoms. The van der Waals surface area contributed by atoms with Crippen molar-refractivity contribution in [2.45, 2.75) is 45.6 Å². The molecule has 0 radical (unpaired) electrons. The highest BCUT2D eigenvalue weighted by atomic mass is 15.0. The first kappa shape index (κ1) is 11.9. The highest BCUT2D eigenvalue weighted by Crippen LogP contribution is 2.27. The molecule has 90 valence electrons. The van der Waals surface area contributed by atoms with Gasteiger partial charge in [0.2, 0.25) is 0 Å². The minimum absolute atomic E-state index is 0.463. The van der Waals surface area contributed by atoms with E-state index in [1.165, 1.54) is 25.7 Å². The van der Waals surface area contributed by atoms with E-state index in [1.54, 1.807) is 0 Å². The zero-order valence-electron chi connectivity index (χ0n) is 10.5. The van der Waals surface area contributed by atoms with Gasteiger partial charge < -0.3 is 5.32 Å². The lowest BCUT2D eigenvalue weighted by molar-refractivity contribution is 0.349. The Morgan fingerprint density at radius 2 is 2.12 bits per heavy atom. The second-order valence-corrected chi connectivity index (χ2v) is 4.97. The quantitative estimate of drug-likeness (QED) is 0.846.